The van der Waals surface area contributed by atoms with Crippen molar-refractivity contribution >= 4 is 35.0 Å². The lowest BCUT2D eigenvalue weighted by molar-refractivity contribution is 0.206. The van der Waals surface area contributed by atoms with Crippen molar-refractivity contribution < 1.29 is 9.84 Å². The molecule has 0 amide bonds. The molecule has 0 aliphatic carbocycles. The molecule has 5 nitrogen and oxygen atoms in total. The number of hydrogen-bond donors (Lipinski definition) is 2. The number of para-hydroxylation sites is 2. The molecule has 7 heteroatoms. The second-order valence-electron chi connectivity index (χ2n) is 4.84. The standard InChI is InChI=1S/C16H16ClN3O2.ClH/c17-12-5-7-13(8-6-12)22-10-9-19-14-3-1-2-4-15(14)20(11-21)16(19)18;/h1-8,18,21H,9-11H2;1H. The van der Waals surface area contributed by atoms with Gasteiger partial charge in [0.2, 0.25) is 5.62 Å². The number of rotatable bonds is 5. The first kappa shape index (κ1) is 17.4. The molecule has 1 aromatic heterocycles. The fourth-order valence-electron chi connectivity index (χ4n) is 2.45. The molecule has 2 N–H and O–H groups in total. The third kappa shape index (κ3) is 3.52. The summed E-state index contributed by atoms with van der Waals surface area (Å²) in [6.07, 6.45) is 0. The molecule has 0 aliphatic heterocycles. The van der Waals surface area contributed by atoms with Gasteiger partial charge in [-0.3, -0.25) is 9.98 Å². The quantitative estimate of drug-likeness (QED) is 0.740. The number of imidazole rings is 1. The third-order valence-electron chi connectivity index (χ3n) is 3.51. The van der Waals surface area contributed by atoms with Crippen LogP contribution in [0, 0.1) is 5.41 Å². The van der Waals surface area contributed by atoms with Gasteiger partial charge in [0.1, 0.15) is 19.1 Å². The van der Waals surface area contributed by atoms with Gasteiger partial charge in [0.05, 0.1) is 17.6 Å². The number of aromatic nitrogens is 2. The second kappa shape index (κ2) is 7.55. The zero-order valence-electron chi connectivity index (χ0n) is 12.3. The SMILES string of the molecule is Cl.N=c1n(CO)c2ccccc2n1CCOc1ccc(Cl)cc1. The minimum Gasteiger partial charge on any atom is -0.492 e. The van der Waals surface area contributed by atoms with E-state index < -0.39 is 0 Å². The third-order valence-corrected chi connectivity index (χ3v) is 3.77. The van der Waals surface area contributed by atoms with Crippen LogP contribution >= 0.6 is 24.0 Å². The van der Waals surface area contributed by atoms with Gasteiger partial charge in [-0.2, -0.15) is 0 Å². The Morgan fingerprint density at radius 1 is 1.00 bits per heavy atom. The molecule has 0 radical (unpaired) electrons. The monoisotopic (exact) mass is 353 g/mol. The van der Waals surface area contributed by atoms with Crippen LogP contribution in [0.15, 0.2) is 48.5 Å². The minimum atomic E-state index is -0.218. The Morgan fingerprint density at radius 3 is 2.22 bits per heavy atom. The van der Waals surface area contributed by atoms with E-state index in [1.165, 1.54) is 0 Å². The summed E-state index contributed by atoms with van der Waals surface area (Å²) in [7, 11) is 0. The summed E-state index contributed by atoms with van der Waals surface area (Å²) in [6.45, 7) is 0.733. The molecule has 0 fully saturated rings. The molecule has 23 heavy (non-hydrogen) atoms. The van der Waals surface area contributed by atoms with E-state index in [0.717, 1.165) is 16.8 Å². The number of nitrogens with one attached hydrogen (secondary N) is 1. The first-order valence-electron chi connectivity index (χ1n) is 6.92. The zero-order chi connectivity index (χ0) is 15.5. The van der Waals surface area contributed by atoms with Gasteiger partial charge in [0.25, 0.3) is 0 Å². The van der Waals surface area contributed by atoms with E-state index in [1.54, 1.807) is 16.7 Å². The van der Waals surface area contributed by atoms with E-state index in [1.807, 2.05) is 41.0 Å². The molecule has 3 aromatic rings. The van der Waals surface area contributed by atoms with Crippen LogP contribution in [0.1, 0.15) is 0 Å². The molecule has 0 bridgehead atoms. The number of nitrogens with zero attached hydrogens (tertiary/aromatic N) is 2. The van der Waals surface area contributed by atoms with Crippen LogP contribution in [-0.2, 0) is 13.3 Å². The molecule has 0 unspecified atom stereocenters. The first-order valence-corrected chi connectivity index (χ1v) is 7.30. The van der Waals surface area contributed by atoms with Crippen LogP contribution in [0.3, 0.4) is 0 Å². The molecule has 0 aliphatic rings. The predicted molar refractivity (Wildman–Crippen MR) is 92.2 cm³/mol. The maximum atomic E-state index is 9.45. The van der Waals surface area contributed by atoms with Gasteiger partial charge in [0, 0.05) is 5.02 Å². The molecular formula is C16H17Cl2N3O2. The summed E-state index contributed by atoms with van der Waals surface area (Å²) in [5, 5.41) is 18.3. The molecule has 3 rings (SSSR count). The van der Waals surface area contributed by atoms with Gasteiger partial charge in [-0.1, -0.05) is 23.7 Å². The number of fused-ring (bicyclic) bond motifs is 1. The minimum absolute atomic E-state index is 0. The summed E-state index contributed by atoms with van der Waals surface area (Å²) < 4.78 is 9.05. The van der Waals surface area contributed by atoms with Gasteiger partial charge < -0.3 is 14.4 Å². The van der Waals surface area contributed by atoms with Gasteiger partial charge in [-0.25, -0.2) is 0 Å². The van der Waals surface area contributed by atoms with Crippen molar-refractivity contribution in [2.24, 2.45) is 0 Å². The van der Waals surface area contributed by atoms with Gasteiger partial charge in [0.15, 0.2) is 0 Å². The number of aliphatic hydroxyl groups excluding tert-OH is 1. The van der Waals surface area contributed by atoms with Crippen LogP contribution in [0.4, 0.5) is 0 Å². The Kier molecular flexibility index (Phi) is 5.71. The van der Waals surface area contributed by atoms with Crippen molar-refractivity contribution in [3.63, 3.8) is 0 Å². The number of benzene rings is 2. The number of aliphatic hydroxyl groups is 1. The van der Waals surface area contributed by atoms with E-state index in [0.29, 0.717) is 18.2 Å². The lowest BCUT2D eigenvalue weighted by Crippen LogP contribution is -2.26. The van der Waals surface area contributed by atoms with Crippen LogP contribution in [-0.4, -0.2) is 20.8 Å². The number of halogens is 2. The van der Waals surface area contributed by atoms with Crippen molar-refractivity contribution in [3.05, 3.63) is 59.2 Å². The molecule has 0 atom stereocenters. The highest BCUT2D eigenvalue weighted by atomic mass is 35.5. The Balaban J connectivity index is 0.00000192. The molecular weight excluding hydrogens is 337 g/mol. The summed E-state index contributed by atoms with van der Waals surface area (Å²) in [5.41, 5.74) is 1.99. The highest BCUT2D eigenvalue weighted by Gasteiger charge is 2.09. The van der Waals surface area contributed by atoms with E-state index in [2.05, 4.69) is 0 Å². The Labute approximate surface area is 144 Å². The van der Waals surface area contributed by atoms with Crippen molar-refractivity contribution in [1.29, 1.82) is 5.41 Å². The fourth-order valence-corrected chi connectivity index (χ4v) is 2.58. The van der Waals surface area contributed by atoms with E-state index in [9.17, 15) is 5.11 Å². The van der Waals surface area contributed by atoms with Crippen molar-refractivity contribution in [2.75, 3.05) is 6.61 Å². The average molecular weight is 354 g/mol. The Hall–Kier alpha value is -1.95. The molecule has 2 aromatic carbocycles. The topological polar surface area (TPSA) is 63.2 Å². The van der Waals surface area contributed by atoms with Crippen molar-refractivity contribution in [2.45, 2.75) is 13.3 Å². The van der Waals surface area contributed by atoms with Crippen LogP contribution in [0.5, 0.6) is 5.75 Å². The van der Waals surface area contributed by atoms with Gasteiger partial charge >= 0.3 is 0 Å². The summed E-state index contributed by atoms with van der Waals surface area (Å²) >= 11 is 5.84. The predicted octanol–water partition coefficient (Wildman–Crippen LogP) is 3.03. The van der Waals surface area contributed by atoms with Crippen LogP contribution < -0.4 is 10.4 Å². The van der Waals surface area contributed by atoms with E-state index in [-0.39, 0.29) is 24.8 Å². The lowest BCUT2D eigenvalue weighted by Gasteiger charge is -2.08. The highest BCUT2D eigenvalue weighted by Crippen LogP contribution is 2.16. The maximum absolute atomic E-state index is 9.45. The molecule has 0 saturated carbocycles. The average Bonchev–Trinajstić information content (AvgIpc) is 2.81. The molecule has 122 valence electrons. The Morgan fingerprint density at radius 2 is 1.61 bits per heavy atom. The lowest BCUT2D eigenvalue weighted by atomic mass is 10.3. The number of hydrogen-bond acceptors (Lipinski definition) is 3. The zero-order valence-corrected chi connectivity index (χ0v) is 13.8. The van der Waals surface area contributed by atoms with Gasteiger partial charge in [-0.15, -0.1) is 12.4 Å². The van der Waals surface area contributed by atoms with Crippen molar-refractivity contribution in [3.8, 4) is 5.75 Å². The maximum Gasteiger partial charge on any atom is 0.205 e. The number of ether oxygens (including phenoxy) is 1. The summed E-state index contributed by atoms with van der Waals surface area (Å²) in [5.74, 6) is 0.738. The molecule has 0 saturated heterocycles. The van der Waals surface area contributed by atoms with E-state index >= 15 is 0 Å². The van der Waals surface area contributed by atoms with Crippen molar-refractivity contribution in [1.82, 2.24) is 9.13 Å². The molecule has 0 spiro atoms. The van der Waals surface area contributed by atoms with Crippen LogP contribution in [0.25, 0.3) is 11.0 Å². The summed E-state index contributed by atoms with van der Waals surface area (Å²) in [4.78, 5) is 0. The summed E-state index contributed by atoms with van der Waals surface area (Å²) in [6, 6.07) is 14.8. The largest absolute Gasteiger partial charge is 0.492 e. The molecule has 1 heterocycles. The fraction of sp³-hybridized carbons (Fsp3) is 0.188. The normalized spacial score (nSPS) is 10.5. The first-order chi connectivity index (χ1) is 10.7. The van der Waals surface area contributed by atoms with Gasteiger partial charge in [-0.05, 0) is 36.4 Å². The second-order valence-corrected chi connectivity index (χ2v) is 5.27. The highest BCUT2D eigenvalue weighted by molar-refractivity contribution is 6.30. The smallest absolute Gasteiger partial charge is 0.205 e. The van der Waals surface area contributed by atoms with E-state index in [4.69, 9.17) is 21.7 Å². The van der Waals surface area contributed by atoms with Crippen LogP contribution in [0.2, 0.25) is 5.02 Å². The Bertz CT molecular complexity index is 841.